The normalized spacial score (nSPS) is 11.1. The molecule has 1 aromatic carbocycles. The lowest BCUT2D eigenvalue weighted by Gasteiger charge is -2.09. The van der Waals surface area contributed by atoms with Crippen LogP contribution in [0.25, 0.3) is 11.4 Å². The number of tetrazole rings is 1. The number of hydrogen-bond donors (Lipinski definition) is 0. The summed E-state index contributed by atoms with van der Waals surface area (Å²) in [5.74, 6) is -2.90. The Hall–Kier alpha value is -2.75. The minimum absolute atomic E-state index is 0.00662. The molecular formula is C13H6ClF4N5O. The van der Waals surface area contributed by atoms with Crippen molar-refractivity contribution in [1.82, 2.24) is 25.2 Å². The monoisotopic (exact) mass is 359 g/mol. The van der Waals surface area contributed by atoms with Crippen molar-refractivity contribution in [1.29, 1.82) is 0 Å². The molecule has 3 rings (SSSR count). The van der Waals surface area contributed by atoms with Gasteiger partial charge in [0.2, 0.25) is 5.82 Å². The third-order valence-corrected chi connectivity index (χ3v) is 2.99. The molecule has 2 aromatic heterocycles. The fourth-order valence-corrected chi connectivity index (χ4v) is 1.94. The van der Waals surface area contributed by atoms with Crippen molar-refractivity contribution < 1.29 is 22.3 Å². The lowest BCUT2D eigenvalue weighted by molar-refractivity contribution is 0.0397. The zero-order valence-electron chi connectivity index (χ0n) is 11.5. The molecule has 2 heterocycles. The average Bonchev–Trinajstić information content (AvgIpc) is 3.00. The molecule has 0 fully saturated rings. The molecule has 0 spiro atoms. The van der Waals surface area contributed by atoms with Gasteiger partial charge in [0.05, 0.1) is 5.02 Å². The number of alkyl halides is 2. The van der Waals surface area contributed by atoms with Gasteiger partial charge in [-0.2, -0.15) is 8.78 Å². The number of pyridine rings is 1. The highest BCUT2D eigenvalue weighted by atomic mass is 35.5. The maximum Gasteiger partial charge on any atom is 0.350 e. The first-order valence-corrected chi connectivity index (χ1v) is 6.69. The Labute approximate surface area is 136 Å². The molecule has 0 bridgehead atoms. The molecule has 0 atom stereocenters. The SMILES string of the molecule is Fc1cc(Cl)cnc1Oc1cccc(F)c1-c1nnn(C(F)F)n1. The van der Waals surface area contributed by atoms with Gasteiger partial charge in [-0.1, -0.05) is 22.5 Å². The molecule has 3 aromatic rings. The number of halogens is 5. The summed E-state index contributed by atoms with van der Waals surface area (Å²) in [6, 6.07) is 4.54. The van der Waals surface area contributed by atoms with E-state index in [0.717, 1.165) is 18.3 Å². The van der Waals surface area contributed by atoms with Crippen LogP contribution >= 0.6 is 11.6 Å². The minimum atomic E-state index is -3.04. The van der Waals surface area contributed by atoms with Gasteiger partial charge in [0, 0.05) is 6.20 Å². The molecule has 0 N–H and O–H groups in total. The summed E-state index contributed by atoms with van der Waals surface area (Å²) in [6.07, 6.45) is 1.13. The van der Waals surface area contributed by atoms with Crippen LogP contribution in [0.3, 0.4) is 0 Å². The van der Waals surface area contributed by atoms with Crippen LogP contribution in [0.1, 0.15) is 6.55 Å². The topological polar surface area (TPSA) is 65.7 Å². The molecule has 0 aliphatic carbocycles. The van der Waals surface area contributed by atoms with Crippen molar-refractivity contribution in [3.63, 3.8) is 0 Å². The number of ether oxygens (including phenoxy) is 1. The van der Waals surface area contributed by atoms with E-state index in [1.54, 1.807) is 0 Å². The first-order valence-electron chi connectivity index (χ1n) is 6.31. The van der Waals surface area contributed by atoms with Gasteiger partial charge in [0.1, 0.15) is 17.1 Å². The predicted molar refractivity (Wildman–Crippen MR) is 73.7 cm³/mol. The van der Waals surface area contributed by atoms with Crippen molar-refractivity contribution in [3.05, 3.63) is 47.1 Å². The number of hydrogen-bond acceptors (Lipinski definition) is 5. The van der Waals surface area contributed by atoms with Crippen molar-refractivity contribution in [3.8, 4) is 23.0 Å². The van der Waals surface area contributed by atoms with E-state index in [-0.39, 0.29) is 21.1 Å². The molecule has 0 aliphatic rings. The van der Waals surface area contributed by atoms with Crippen LogP contribution in [0, 0.1) is 11.6 Å². The number of aromatic nitrogens is 5. The summed E-state index contributed by atoms with van der Waals surface area (Å²) in [5, 5.41) is 9.87. The molecule has 0 aliphatic heterocycles. The van der Waals surface area contributed by atoms with Gasteiger partial charge in [-0.05, 0) is 23.4 Å². The van der Waals surface area contributed by atoms with E-state index in [2.05, 4.69) is 20.4 Å². The number of benzene rings is 1. The predicted octanol–water partition coefficient (Wildman–Crippen LogP) is 3.85. The standard InChI is InChI=1S/C13H6ClF4N5O/c14-6-4-8(16)12(19-5-6)24-9-3-1-2-7(15)10(9)11-20-22-23(21-11)13(17)18/h1-5,13H. The second-order valence-corrected chi connectivity index (χ2v) is 4.80. The van der Waals surface area contributed by atoms with Crippen LogP contribution < -0.4 is 4.74 Å². The van der Waals surface area contributed by atoms with Gasteiger partial charge in [0.15, 0.2) is 5.82 Å². The summed E-state index contributed by atoms with van der Waals surface area (Å²) < 4.78 is 58.1. The van der Waals surface area contributed by atoms with Crippen LogP contribution in [0.4, 0.5) is 17.6 Å². The lowest BCUT2D eigenvalue weighted by Crippen LogP contribution is -2.02. The summed E-state index contributed by atoms with van der Waals surface area (Å²) in [5.41, 5.74) is -0.361. The van der Waals surface area contributed by atoms with Crippen LogP contribution in [0.5, 0.6) is 11.6 Å². The fourth-order valence-electron chi connectivity index (χ4n) is 1.80. The van der Waals surface area contributed by atoms with Crippen LogP contribution in [0.15, 0.2) is 30.5 Å². The third-order valence-electron chi connectivity index (χ3n) is 2.78. The van der Waals surface area contributed by atoms with E-state index in [1.165, 1.54) is 12.1 Å². The zero-order chi connectivity index (χ0) is 17.3. The molecule has 124 valence electrons. The summed E-state index contributed by atoms with van der Waals surface area (Å²) in [6.45, 7) is -3.04. The molecule has 0 saturated heterocycles. The van der Waals surface area contributed by atoms with Crippen molar-refractivity contribution >= 4 is 11.6 Å². The van der Waals surface area contributed by atoms with Gasteiger partial charge in [0.25, 0.3) is 5.88 Å². The van der Waals surface area contributed by atoms with Crippen LogP contribution in [-0.2, 0) is 0 Å². The summed E-state index contributed by atoms with van der Waals surface area (Å²) in [4.78, 5) is 3.64. The molecule has 0 saturated carbocycles. The number of nitrogens with zero attached hydrogens (tertiary/aromatic N) is 5. The molecule has 11 heteroatoms. The zero-order valence-corrected chi connectivity index (χ0v) is 12.3. The van der Waals surface area contributed by atoms with E-state index in [0.29, 0.717) is 0 Å². The Morgan fingerprint density at radius 2 is 1.96 bits per heavy atom. The smallest absolute Gasteiger partial charge is 0.350 e. The maximum atomic E-state index is 14.1. The summed E-state index contributed by atoms with van der Waals surface area (Å²) >= 11 is 5.58. The molecule has 0 amide bonds. The van der Waals surface area contributed by atoms with Gasteiger partial charge >= 0.3 is 6.55 Å². The number of rotatable bonds is 4. The van der Waals surface area contributed by atoms with Gasteiger partial charge < -0.3 is 4.74 Å². The van der Waals surface area contributed by atoms with Gasteiger partial charge in [-0.25, -0.2) is 13.8 Å². The van der Waals surface area contributed by atoms with Crippen LogP contribution in [0.2, 0.25) is 5.02 Å². The second kappa shape index (κ2) is 6.40. The largest absolute Gasteiger partial charge is 0.436 e. The Morgan fingerprint density at radius 3 is 2.62 bits per heavy atom. The van der Waals surface area contributed by atoms with Crippen LogP contribution in [-0.4, -0.2) is 25.2 Å². The highest BCUT2D eigenvalue weighted by molar-refractivity contribution is 6.30. The van der Waals surface area contributed by atoms with E-state index >= 15 is 0 Å². The van der Waals surface area contributed by atoms with Gasteiger partial charge in [-0.15, -0.1) is 10.2 Å². The van der Waals surface area contributed by atoms with E-state index < -0.39 is 29.9 Å². The third kappa shape index (κ3) is 3.13. The minimum Gasteiger partial charge on any atom is -0.436 e. The Morgan fingerprint density at radius 1 is 1.17 bits per heavy atom. The first kappa shape index (κ1) is 16.1. The quantitative estimate of drug-likeness (QED) is 0.662. The Bertz CT molecular complexity index is 889. The Kier molecular flexibility index (Phi) is 4.30. The van der Waals surface area contributed by atoms with E-state index in [9.17, 15) is 17.6 Å². The van der Waals surface area contributed by atoms with E-state index in [4.69, 9.17) is 16.3 Å². The molecule has 6 nitrogen and oxygen atoms in total. The average molecular weight is 360 g/mol. The molecule has 0 unspecified atom stereocenters. The second-order valence-electron chi connectivity index (χ2n) is 4.37. The molecule has 0 radical (unpaired) electrons. The van der Waals surface area contributed by atoms with Crippen molar-refractivity contribution in [2.75, 3.05) is 0 Å². The van der Waals surface area contributed by atoms with Gasteiger partial charge in [-0.3, -0.25) is 0 Å². The lowest BCUT2D eigenvalue weighted by atomic mass is 10.2. The fraction of sp³-hybridized carbons (Fsp3) is 0.0769. The highest BCUT2D eigenvalue weighted by Crippen LogP contribution is 2.34. The summed E-state index contributed by atoms with van der Waals surface area (Å²) in [7, 11) is 0. The van der Waals surface area contributed by atoms with Crippen molar-refractivity contribution in [2.24, 2.45) is 0 Å². The van der Waals surface area contributed by atoms with E-state index in [1.807, 2.05) is 0 Å². The first-order chi connectivity index (χ1) is 11.5. The molecular weight excluding hydrogens is 354 g/mol. The Balaban J connectivity index is 2.04. The van der Waals surface area contributed by atoms with Crippen molar-refractivity contribution in [2.45, 2.75) is 6.55 Å². The molecule has 24 heavy (non-hydrogen) atoms. The maximum absolute atomic E-state index is 14.1. The highest BCUT2D eigenvalue weighted by Gasteiger charge is 2.21.